The Morgan fingerprint density at radius 2 is 1.89 bits per heavy atom. The van der Waals surface area contributed by atoms with Gasteiger partial charge >= 0.3 is 6.09 Å². The molecule has 2 N–H and O–H groups in total. The lowest BCUT2D eigenvalue weighted by molar-refractivity contribution is -0.00886. The first kappa shape index (κ1) is 18.6. The van der Waals surface area contributed by atoms with Crippen LogP contribution in [0.15, 0.2) is 36.7 Å². The second kappa shape index (κ2) is 6.69. The Labute approximate surface area is 165 Å². The average Bonchev–Trinajstić information content (AvgIpc) is 2.97. The topological polar surface area (TPSA) is 77.7 Å². The third-order valence-corrected chi connectivity index (χ3v) is 5.39. The maximum Gasteiger partial charge on any atom is 0.410 e. The van der Waals surface area contributed by atoms with Gasteiger partial charge < -0.3 is 20.1 Å². The fraction of sp³-hybridized carbons (Fsp3) is 0.455. The number of nitrogens with two attached hydrogens (primary N) is 1. The normalized spacial score (nSPS) is 17.9. The number of aromatic nitrogens is 1. The Balaban J connectivity index is 1.48. The van der Waals surface area contributed by atoms with Gasteiger partial charge in [-0.05, 0) is 50.6 Å². The maximum atomic E-state index is 12.3. The Hall–Kier alpha value is -2.76. The molecule has 2 aliphatic heterocycles. The number of ether oxygens (including phenoxy) is 2. The lowest BCUT2D eigenvalue weighted by atomic mass is 9.87. The molecule has 1 saturated heterocycles. The summed E-state index contributed by atoms with van der Waals surface area (Å²) >= 11 is 0. The largest absolute Gasteiger partial charge is 0.486 e. The summed E-state index contributed by atoms with van der Waals surface area (Å²) in [6.45, 7) is 6.93. The van der Waals surface area contributed by atoms with Crippen LogP contribution in [-0.4, -0.2) is 40.3 Å². The maximum absolute atomic E-state index is 12.3. The summed E-state index contributed by atoms with van der Waals surface area (Å²) in [5.41, 5.74) is 9.46. The predicted octanol–water partition coefficient (Wildman–Crippen LogP) is 4.04. The zero-order valence-corrected chi connectivity index (χ0v) is 16.7. The van der Waals surface area contributed by atoms with Crippen LogP contribution in [-0.2, 0) is 11.2 Å². The number of anilines is 1. The molecule has 2 aliphatic rings. The number of amides is 1. The average molecular weight is 381 g/mol. The second-order valence-corrected chi connectivity index (χ2v) is 8.71. The number of likely N-dealkylation sites (tertiary alicyclic amines) is 1. The van der Waals surface area contributed by atoms with Crippen LogP contribution in [0.1, 0.15) is 39.2 Å². The van der Waals surface area contributed by atoms with Gasteiger partial charge in [0.05, 0.1) is 0 Å². The van der Waals surface area contributed by atoms with E-state index in [1.54, 1.807) is 17.3 Å². The Bertz CT molecular complexity index is 882. The summed E-state index contributed by atoms with van der Waals surface area (Å²) in [7, 11) is 0. The lowest BCUT2D eigenvalue weighted by Crippen LogP contribution is -2.50. The van der Waals surface area contributed by atoms with Crippen molar-refractivity contribution in [3.8, 4) is 16.9 Å². The number of rotatable bonds is 1. The van der Waals surface area contributed by atoms with Crippen molar-refractivity contribution in [3.05, 3.63) is 42.2 Å². The highest BCUT2D eigenvalue weighted by Crippen LogP contribution is 2.44. The van der Waals surface area contributed by atoms with Crippen molar-refractivity contribution in [1.29, 1.82) is 0 Å². The van der Waals surface area contributed by atoms with Gasteiger partial charge in [0, 0.05) is 61.6 Å². The molecule has 1 aromatic heterocycles. The fourth-order valence-electron chi connectivity index (χ4n) is 3.98. The minimum atomic E-state index is -0.479. The standard InChI is InChI=1S/C22H27N3O3/c1-21(2,3)28-20(26)25-10-6-22(7-11-25)14-16-12-18(23)17(13-19(16)27-22)15-4-8-24-9-5-15/h4-5,8-9,12-13H,6-7,10-11,14,23H2,1-3H3. The highest BCUT2D eigenvalue weighted by molar-refractivity contribution is 5.79. The van der Waals surface area contributed by atoms with E-state index in [9.17, 15) is 4.79 Å². The number of piperidine rings is 1. The van der Waals surface area contributed by atoms with Crippen LogP contribution < -0.4 is 10.5 Å². The number of carbonyl (C=O) groups is 1. The molecule has 1 spiro atoms. The number of nitrogen functional groups attached to an aromatic ring is 1. The molecule has 6 nitrogen and oxygen atoms in total. The molecule has 4 rings (SSSR count). The van der Waals surface area contributed by atoms with E-state index in [1.807, 2.05) is 45.0 Å². The molecule has 1 amide bonds. The van der Waals surface area contributed by atoms with E-state index in [2.05, 4.69) is 4.98 Å². The van der Waals surface area contributed by atoms with Crippen molar-refractivity contribution >= 4 is 11.8 Å². The van der Waals surface area contributed by atoms with Crippen molar-refractivity contribution in [1.82, 2.24) is 9.88 Å². The molecule has 1 aromatic carbocycles. The number of nitrogens with zero attached hydrogens (tertiary/aromatic N) is 2. The number of benzene rings is 1. The van der Waals surface area contributed by atoms with Gasteiger partial charge in [-0.25, -0.2) is 4.79 Å². The Kier molecular flexibility index (Phi) is 4.44. The second-order valence-electron chi connectivity index (χ2n) is 8.71. The van der Waals surface area contributed by atoms with Crippen LogP contribution >= 0.6 is 0 Å². The minimum Gasteiger partial charge on any atom is -0.486 e. The van der Waals surface area contributed by atoms with Gasteiger partial charge in [0.1, 0.15) is 17.0 Å². The van der Waals surface area contributed by atoms with Crippen LogP contribution in [0, 0.1) is 0 Å². The van der Waals surface area contributed by atoms with Crippen LogP contribution in [0.3, 0.4) is 0 Å². The van der Waals surface area contributed by atoms with Crippen LogP contribution in [0.5, 0.6) is 5.75 Å². The number of hydrogen-bond acceptors (Lipinski definition) is 5. The van der Waals surface area contributed by atoms with Gasteiger partial charge in [-0.15, -0.1) is 0 Å². The van der Waals surface area contributed by atoms with E-state index in [-0.39, 0.29) is 11.7 Å². The quantitative estimate of drug-likeness (QED) is 0.755. The molecular weight excluding hydrogens is 354 g/mol. The van der Waals surface area contributed by atoms with Gasteiger partial charge in [-0.1, -0.05) is 0 Å². The molecule has 0 unspecified atom stereocenters. The molecule has 0 atom stereocenters. The van der Waals surface area contributed by atoms with E-state index in [0.29, 0.717) is 13.1 Å². The molecule has 148 valence electrons. The summed E-state index contributed by atoms with van der Waals surface area (Å²) in [5, 5.41) is 0. The third kappa shape index (κ3) is 3.63. The summed E-state index contributed by atoms with van der Waals surface area (Å²) in [4.78, 5) is 18.2. The van der Waals surface area contributed by atoms with Gasteiger partial charge in [0.2, 0.25) is 0 Å². The van der Waals surface area contributed by atoms with Crippen molar-refractivity contribution in [3.63, 3.8) is 0 Å². The molecule has 0 aliphatic carbocycles. The smallest absolute Gasteiger partial charge is 0.410 e. The molecular formula is C22H27N3O3. The number of pyridine rings is 1. The van der Waals surface area contributed by atoms with E-state index in [1.165, 1.54) is 0 Å². The van der Waals surface area contributed by atoms with Crippen LogP contribution in [0.2, 0.25) is 0 Å². The van der Waals surface area contributed by atoms with Gasteiger partial charge in [-0.2, -0.15) is 0 Å². The number of carbonyl (C=O) groups excluding carboxylic acids is 1. The molecule has 0 bridgehead atoms. The molecule has 28 heavy (non-hydrogen) atoms. The predicted molar refractivity (Wildman–Crippen MR) is 108 cm³/mol. The Morgan fingerprint density at radius 1 is 1.21 bits per heavy atom. The van der Waals surface area contributed by atoms with Crippen molar-refractivity contribution in [2.24, 2.45) is 0 Å². The molecule has 0 saturated carbocycles. The SMILES string of the molecule is CC(C)(C)OC(=O)N1CCC2(CC1)Cc1cc(N)c(-c3ccncc3)cc1O2. The summed E-state index contributed by atoms with van der Waals surface area (Å²) in [5.74, 6) is 0.895. The highest BCUT2D eigenvalue weighted by Gasteiger charge is 2.43. The summed E-state index contributed by atoms with van der Waals surface area (Å²) in [6, 6.07) is 7.96. The van der Waals surface area contributed by atoms with Gasteiger partial charge in [0.15, 0.2) is 0 Å². The summed E-state index contributed by atoms with van der Waals surface area (Å²) < 4.78 is 11.9. The van der Waals surface area contributed by atoms with Crippen molar-refractivity contribution in [2.45, 2.75) is 51.2 Å². The highest BCUT2D eigenvalue weighted by atomic mass is 16.6. The molecule has 2 aromatic rings. The minimum absolute atomic E-state index is 0.248. The lowest BCUT2D eigenvalue weighted by Gasteiger charge is -2.39. The number of fused-ring (bicyclic) bond motifs is 1. The third-order valence-electron chi connectivity index (χ3n) is 5.39. The zero-order valence-electron chi connectivity index (χ0n) is 16.7. The van der Waals surface area contributed by atoms with Gasteiger partial charge in [-0.3, -0.25) is 4.98 Å². The first-order chi connectivity index (χ1) is 13.2. The fourth-order valence-corrected chi connectivity index (χ4v) is 3.98. The Morgan fingerprint density at radius 3 is 2.54 bits per heavy atom. The summed E-state index contributed by atoms with van der Waals surface area (Å²) in [6.07, 6.45) is 5.66. The first-order valence-corrected chi connectivity index (χ1v) is 9.74. The zero-order chi connectivity index (χ0) is 19.9. The van der Waals surface area contributed by atoms with E-state index in [0.717, 1.165) is 47.4 Å². The van der Waals surface area contributed by atoms with Crippen molar-refractivity contribution < 1.29 is 14.3 Å². The number of hydrogen-bond donors (Lipinski definition) is 1. The molecule has 0 radical (unpaired) electrons. The van der Waals surface area contributed by atoms with E-state index in [4.69, 9.17) is 15.2 Å². The molecule has 6 heteroatoms. The van der Waals surface area contributed by atoms with Crippen LogP contribution in [0.4, 0.5) is 10.5 Å². The van der Waals surface area contributed by atoms with Crippen molar-refractivity contribution in [2.75, 3.05) is 18.8 Å². The monoisotopic (exact) mass is 381 g/mol. The van der Waals surface area contributed by atoms with Gasteiger partial charge in [0.25, 0.3) is 0 Å². The molecule has 1 fully saturated rings. The van der Waals surface area contributed by atoms with E-state index < -0.39 is 5.60 Å². The van der Waals surface area contributed by atoms with Crippen LogP contribution in [0.25, 0.3) is 11.1 Å². The van der Waals surface area contributed by atoms with E-state index >= 15 is 0 Å². The first-order valence-electron chi connectivity index (χ1n) is 9.74. The molecule has 3 heterocycles.